The molecule has 0 bridgehead atoms. The summed E-state index contributed by atoms with van der Waals surface area (Å²) in [5.74, 6) is -0.0303. The molecule has 1 aliphatic heterocycles. The van der Waals surface area contributed by atoms with Gasteiger partial charge in [-0.2, -0.15) is 0 Å². The maximum atomic E-state index is 13.7. The normalized spacial score (nSPS) is 14.4. The summed E-state index contributed by atoms with van der Waals surface area (Å²) in [4.78, 5) is 30.2. The van der Waals surface area contributed by atoms with Crippen molar-refractivity contribution in [1.82, 2.24) is 15.5 Å². The predicted octanol–water partition coefficient (Wildman–Crippen LogP) is 2.83. The summed E-state index contributed by atoms with van der Waals surface area (Å²) in [6.07, 6.45) is 1.18. The van der Waals surface area contributed by atoms with Crippen molar-refractivity contribution < 1.29 is 18.7 Å². The van der Waals surface area contributed by atoms with Crippen molar-refractivity contribution in [3.63, 3.8) is 0 Å². The Morgan fingerprint density at radius 2 is 1.68 bits per heavy atom. The number of hydrogen-bond acceptors (Lipinski definition) is 4. The summed E-state index contributed by atoms with van der Waals surface area (Å²) < 4.78 is 19.3. The van der Waals surface area contributed by atoms with Crippen LogP contribution < -0.4 is 15.4 Å². The van der Waals surface area contributed by atoms with Crippen molar-refractivity contribution in [2.24, 2.45) is 4.99 Å². The van der Waals surface area contributed by atoms with Gasteiger partial charge in [-0.05, 0) is 44.0 Å². The van der Waals surface area contributed by atoms with Gasteiger partial charge in [0.1, 0.15) is 6.10 Å². The molecule has 1 heterocycles. The van der Waals surface area contributed by atoms with Crippen LogP contribution >= 0.6 is 0 Å². The Hall–Kier alpha value is -3.42. The van der Waals surface area contributed by atoms with Gasteiger partial charge in [-0.3, -0.25) is 19.5 Å². The maximum Gasteiger partial charge on any atom is 0.261 e. The lowest BCUT2D eigenvalue weighted by molar-refractivity contribution is 0.0652. The lowest BCUT2D eigenvalue weighted by Crippen LogP contribution is -2.42. The van der Waals surface area contributed by atoms with E-state index < -0.39 is 5.82 Å². The van der Waals surface area contributed by atoms with E-state index in [-0.39, 0.29) is 23.7 Å². The summed E-state index contributed by atoms with van der Waals surface area (Å²) >= 11 is 0. The number of amides is 2. The molecule has 0 fully saturated rings. The van der Waals surface area contributed by atoms with Gasteiger partial charge in [0.15, 0.2) is 17.5 Å². The van der Waals surface area contributed by atoms with Crippen molar-refractivity contribution in [2.45, 2.75) is 25.9 Å². The molecule has 2 N–H and O–H groups in total. The van der Waals surface area contributed by atoms with Gasteiger partial charge in [0.25, 0.3) is 11.8 Å². The molecule has 2 aromatic carbocycles. The molecule has 0 aliphatic carbocycles. The third-order valence-electron chi connectivity index (χ3n) is 4.92. The Balaban J connectivity index is 1.35. The number of fused-ring (bicyclic) bond motifs is 1. The van der Waals surface area contributed by atoms with Crippen molar-refractivity contribution in [3.05, 3.63) is 65.5 Å². The monoisotopic (exact) mass is 426 g/mol. The standard InChI is InChI=1S/C23H27FN4O3/c1-16(31-20-12-6-5-11-19(20)24)15-27-23(25-2)26-13-7-8-14-28-21(29)17-9-3-4-10-18(17)22(28)30/h3-6,9-12,16H,7-8,13-15H2,1-2H3,(H2,25,26,27). The van der Waals surface area contributed by atoms with Gasteiger partial charge < -0.3 is 15.4 Å². The summed E-state index contributed by atoms with van der Waals surface area (Å²) in [5.41, 5.74) is 0.948. The Morgan fingerprint density at radius 3 is 2.32 bits per heavy atom. The van der Waals surface area contributed by atoms with E-state index in [2.05, 4.69) is 15.6 Å². The second-order valence-corrected chi connectivity index (χ2v) is 7.25. The zero-order valence-electron chi connectivity index (χ0n) is 17.7. The summed E-state index contributed by atoms with van der Waals surface area (Å²) in [7, 11) is 1.66. The molecular formula is C23H27FN4O3. The highest BCUT2D eigenvalue weighted by Crippen LogP contribution is 2.22. The molecule has 0 saturated heterocycles. The molecule has 31 heavy (non-hydrogen) atoms. The first kappa shape index (κ1) is 22.3. The molecule has 0 saturated carbocycles. The first-order valence-electron chi connectivity index (χ1n) is 10.3. The summed E-state index contributed by atoms with van der Waals surface area (Å²) in [5, 5.41) is 6.33. The van der Waals surface area contributed by atoms with E-state index in [1.54, 1.807) is 49.5 Å². The lowest BCUT2D eigenvalue weighted by atomic mass is 10.1. The number of unbranched alkanes of at least 4 members (excludes halogenated alkanes) is 1. The first-order valence-corrected chi connectivity index (χ1v) is 10.3. The molecule has 8 heteroatoms. The topological polar surface area (TPSA) is 83.0 Å². The number of nitrogens with zero attached hydrogens (tertiary/aromatic N) is 2. The number of imide groups is 1. The smallest absolute Gasteiger partial charge is 0.261 e. The van der Waals surface area contributed by atoms with E-state index in [0.29, 0.717) is 43.1 Å². The molecule has 3 rings (SSSR count). The quantitative estimate of drug-likeness (QED) is 0.279. The van der Waals surface area contributed by atoms with Crippen LogP contribution in [0.15, 0.2) is 53.5 Å². The van der Waals surface area contributed by atoms with Crippen molar-refractivity contribution >= 4 is 17.8 Å². The first-order chi connectivity index (χ1) is 15.0. The van der Waals surface area contributed by atoms with Gasteiger partial charge >= 0.3 is 0 Å². The van der Waals surface area contributed by atoms with Crippen LogP contribution in [0.25, 0.3) is 0 Å². The van der Waals surface area contributed by atoms with E-state index in [1.165, 1.54) is 11.0 Å². The maximum absolute atomic E-state index is 13.7. The highest BCUT2D eigenvalue weighted by atomic mass is 19.1. The van der Waals surface area contributed by atoms with Gasteiger partial charge in [-0.1, -0.05) is 24.3 Å². The molecule has 0 radical (unpaired) electrons. The minimum absolute atomic E-state index is 0.216. The number of para-hydroxylation sites is 1. The van der Waals surface area contributed by atoms with Crippen LogP contribution in [0.1, 0.15) is 40.5 Å². The number of halogens is 1. The Bertz CT molecular complexity index is 928. The molecule has 2 amide bonds. The average molecular weight is 426 g/mol. The van der Waals surface area contributed by atoms with Gasteiger partial charge in [0.05, 0.1) is 17.7 Å². The van der Waals surface area contributed by atoms with Gasteiger partial charge in [0, 0.05) is 20.1 Å². The largest absolute Gasteiger partial charge is 0.486 e. The molecule has 0 spiro atoms. The molecule has 0 aromatic heterocycles. The van der Waals surface area contributed by atoms with Gasteiger partial charge in [-0.25, -0.2) is 4.39 Å². The minimum Gasteiger partial charge on any atom is -0.486 e. The number of aliphatic imine (C=N–C) groups is 1. The summed E-state index contributed by atoms with van der Waals surface area (Å²) in [6, 6.07) is 13.2. The minimum atomic E-state index is -0.394. The zero-order chi connectivity index (χ0) is 22.2. The van der Waals surface area contributed by atoms with Crippen LogP contribution in [0.3, 0.4) is 0 Å². The average Bonchev–Trinajstić information content (AvgIpc) is 3.02. The van der Waals surface area contributed by atoms with Crippen molar-refractivity contribution in [1.29, 1.82) is 0 Å². The number of hydrogen-bond donors (Lipinski definition) is 2. The molecule has 164 valence electrons. The van der Waals surface area contributed by atoms with Crippen LogP contribution in [-0.2, 0) is 0 Å². The van der Waals surface area contributed by atoms with E-state index in [0.717, 1.165) is 6.42 Å². The molecule has 7 nitrogen and oxygen atoms in total. The third-order valence-corrected chi connectivity index (χ3v) is 4.92. The lowest BCUT2D eigenvalue weighted by Gasteiger charge is -2.18. The second-order valence-electron chi connectivity index (χ2n) is 7.25. The Morgan fingerprint density at radius 1 is 1.03 bits per heavy atom. The molecule has 1 aliphatic rings. The van der Waals surface area contributed by atoms with E-state index in [4.69, 9.17) is 4.74 Å². The number of guanidine groups is 1. The second kappa shape index (κ2) is 10.6. The Kier molecular flexibility index (Phi) is 7.59. The summed E-state index contributed by atoms with van der Waals surface area (Å²) in [6.45, 7) is 3.30. The molecule has 1 atom stereocenters. The number of carbonyl (C=O) groups excluding carboxylic acids is 2. The molecule has 1 unspecified atom stereocenters. The van der Waals surface area contributed by atoms with Crippen LogP contribution in [0.5, 0.6) is 5.75 Å². The van der Waals surface area contributed by atoms with Crippen molar-refractivity contribution in [3.8, 4) is 5.75 Å². The number of carbonyl (C=O) groups is 2. The van der Waals surface area contributed by atoms with Crippen LogP contribution in [0.4, 0.5) is 4.39 Å². The highest BCUT2D eigenvalue weighted by Gasteiger charge is 2.34. The fourth-order valence-corrected chi connectivity index (χ4v) is 3.30. The SMILES string of the molecule is CN=C(NCCCCN1C(=O)c2ccccc2C1=O)NCC(C)Oc1ccccc1F. The van der Waals surface area contributed by atoms with Gasteiger partial charge in [0.2, 0.25) is 0 Å². The number of ether oxygens (including phenoxy) is 1. The van der Waals surface area contributed by atoms with E-state index in [1.807, 2.05) is 6.92 Å². The van der Waals surface area contributed by atoms with Crippen LogP contribution in [0, 0.1) is 5.82 Å². The zero-order valence-corrected chi connectivity index (χ0v) is 17.7. The number of nitrogens with one attached hydrogen (secondary N) is 2. The van der Waals surface area contributed by atoms with Crippen LogP contribution in [-0.4, -0.2) is 55.5 Å². The number of benzene rings is 2. The van der Waals surface area contributed by atoms with Gasteiger partial charge in [-0.15, -0.1) is 0 Å². The molecular weight excluding hydrogens is 399 g/mol. The van der Waals surface area contributed by atoms with Crippen molar-refractivity contribution in [2.75, 3.05) is 26.7 Å². The van der Waals surface area contributed by atoms with Crippen LogP contribution in [0.2, 0.25) is 0 Å². The Labute approximate surface area is 181 Å². The fraction of sp³-hybridized carbons (Fsp3) is 0.348. The molecule has 2 aromatic rings. The predicted molar refractivity (Wildman–Crippen MR) is 117 cm³/mol. The number of rotatable bonds is 9. The van der Waals surface area contributed by atoms with E-state index >= 15 is 0 Å². The highest BCUT2D eigenvalue weighted by molar-refractivity contribution is 6.21. The third kappa shape index (κ3) is 5.59. The van der Waals surface area contributed by atoms with E-state index in [9.17, 15) is 14.0 Å². The fourth-order valence-electron chi connectivity index (χ4n) is 3.30.